The van der Waals surface area contributed by atoms with E-state index >= 15 is 0 Å². The molecule has 12 heteroatoms. The summed E-state index contributed by atoms with van der Waals surface area (Å²) in [6, 6.07) is -1.78. The van der Waals surface area contributed by atoms with Gasteiger partial charge in [-0.1, -0.05) is 0 Å². The SMILES string of the molecule is COc1ncnc(OC)c1C(=O)NCC(N1CCNCC1)C(F)(F)F.Cl. The maximum atomic E-state index is 13.4. The Morgan fingerprint density at radius 2 is 1.81 bits per heavy atom. The van der Waals surface area contributed by atoms with E-state index in [0.717, 1.165) is 6.33 Å². The molecule has 26 heavy (non-hydrogen) atoms. The predicted molar refractivity (Wildman–Crippen MR) is 89.0 cm³/mol. The van der Waals surface area contributed by atoms with E-state index in [0.29, 0.717) is 13.1 Å². The normalized spacial score (nSPS) is 16.3. The smallest absolute Gasteiger partial charge is 0.405 e. The monoisotopic (exact) mass is 399 g/mol. The van der Waals surface area contributed by atoms with Crippen molar-refractivity contribution in [3.05, 3.63) is 11.9 Å². The Hall–Kier alpha value is -1.85. The van der Waals surface area contributed by atoms with Gasteiger partial charge in [0.1, 0.15) is 12.4 Å². The summed E-state index contributed by atoms with van der Waals surface area (Å²) in [5.74, 6) is -0.941. The van der Waals surface area contributed by atoms with Gasteiger partial charge in [0.2, 0.25) is 11.8 Å². The first-order valence-electron chi connectivity index (χ1n) is 7.61. The van der Waals surface area contributed by atoms with Crippen molar-refractivity contribution in [2.24, 2.45) is 0 Å². The van der Waals surface area contributed by atoms with Crippen LogP contribution in [0.2, 0.25) is 0 Å². The van der Waals surface area contributed by atoms with E-state index < -0.39 is 24.7 Å². The van der Waals surface area contributed by atoms with Crippen LogP contribution in [0, 0.1) is 0 Å². The first kappa shape index (κ1) is 22.2. The van der Waals surface area contributed by atoms with Crippen LogP contribution in [0.3, 0.4) is 0 Å². The molecule has 1 amide bonds. The molecule has 0 saturated carbocycles. The zero-order chi connectivity index (χ0) is 18.4. The van der Waals surface area contributed by atoms with E-state index in [1.54, 1.807) is 0 Å². The van der Waals surface area contributed by atoms with Crippen molar-refractivity contribution >= 4 is 18.3 Å². The summed E-state index contributed by atoms with van der Waals surface area (Å²) in [7, 11) is 2.58. The molecule has 1 aromatic rings. The lowest BCUT2D eigenvalue weighted by Gasteiger charge is -2.35. The van der Waals surface area contributed by atoms with Crippen LogP contribution in [0.4, 0.5) is 13.2 Å². The Morgan fingerprint density at radius 1 is 1.27 bits per heavy atom. The van der Waals surface area contributed by atoms with E-state index in [2.05, 4.69) is 20.6 Å². The molecule has 1 aromatic heterocycles. The van der Waals surface area contributed by atoms with E-state index in [-0.39, 0.29) is 42.8 Å². The fraction of sp³-hybridized carbons (Fsp3) is 0.643. The molecule has 148 valence electrons. The lowest BCUT2D eigenvalue weighted by Crippen LogP contribution is -2.57. The number of rotatable bonds is 6. The van der Waals surface area contributed by atoms with Crippen molar-refractivity contribution in [3.63, 3.8) is 0 Å². The summed E-state index contributed by atoms with van der Waals surface area (Å²) in [6.45, 7) is 0.842. The number of alkyl halides is 3. The van der Waals surface area contributed by atoms with E-state index in [1.807, 2.05) is 0 Å². The van der Waals surface area contributed by atoms with Crippen LogP contribution in [0.1, 0.15) is 10.4 Å². The maximum absolute atomic E-state index is 13.4. The zero-order valence-corrected chi connectivity index (χ0v) is 15.1. The van der Waals surface area contributed by atoms with Crippen LogP contribution in [0.25, 0.3) is 0 Å². The Morgan fingerprint density at radius 3 is 2.27 bits per heavy atom. The highest BCUT2D eigenvalue weighted by molar-refractivity contribution is 5.98. The van der Waals surface area contributed by atoms with Crippen LogP contribution in [0.15, 0.2) is 6.33 Å². The second kappa shape index (κ2) is 9.74. The highest BCUT2D eigenvalue weighted by Gasteiger charge is 2.44. The molecule has 0 aliphatic carbocycles. The van der Waals surface area contributed by atoms with Crippen LogP contribution >= 0.6 is 12.4 Å². The maximum Gasteiger partial charge on any atom is 0.405 e. The number of amides is 1. The van der Waals surface area contributed by atoms with Gasteiger partial charge in [-0.05, 0) is 0 Å². The van der Waals surface area contributed by atoms with E-state index in [4.69, 9.17) is 9.47 Å². The van der Waals surface area contributed by atoms with Crippen LogP contribution < -0.4 is 20.1 Å². The molecule has 8 nitrogen and oxygen atoms in total. The van der Waals surface area contributed by atoms with Crippen molar-refractivity contribution in [3.8, 4) is 11.8 Å². The van der Waals surface area contributed by atoms with Crippen molar-refractivity contribution in [1.29, 1.82) is 0 Å². The number of ether oxygens (including phenoxy) is 2. The summed E-state index contributed by atoms with van der Waals surface area (Å²) in [5.41, 5.74) is -0.145. The van der Waals surface area contributed by atoms with E-state index in [9.17, 15) is 18.0 Å². The van der Waals surface area contributed by atoms with Crippen LogP contribution in [-0.4, -0.2) is 79.9 Å². The molecule has 0 aromatic carbocycles. The second-order valence-corrected chi connectivity index (χ2v) is 5.32. The topological polar surface area (TPSA) is 88.6 Å². The molecule has 2 heterocycles. The number of piperazine rings is 1. The first-order chi connectivity index (χ1) is 11.9. The Balaban J connectivity index is 0.00000338. The Bertz CT molecular complexity index is 577. The molecule has 1 aliphatic rings. The van der Waals surface area contributed by atoms with Gasteiger partial charge in [-0.15, -0.1) is 12.4 Å². The van der Waals surface area contributed by atoms with Crippen molar-refractivity contribution in [2.75, 3.05) is 46.9 Å². The number of aromatic nitrogens is 2. The third-order valence-corrected chi connectivity index (χ3v) is 3.82. The fourth-order valence-corrected chi connectivity index (χ4v) is 2.58. The summed E-state index contributed by atoms with van der Waals surface area (Å²) < 4.78 is 50.0. The van der Waals surface area contributed by atoms with Crippen molar-refractivity contribution < 1.29 is 27.4 Å². The second-order valence-electron chi connectivity index (χ2n) is 5.32. The third kappa shape index (κ3) is 5.32. The molecule has 1 saturated heterocycles. The lowest BCUT2D eigenvalue weighted by atomic mass is 10.2. The largest absolute Gasteiger partial charge is 0.480 e. The lowest BCUT2D eigenvalue weighted by molar-refractivity contribution is -0.183. The number of carbonyl (C=O) groups is 1. The van der Waals surface area contributed by atoms with Crippen molar-refractivity contribution in [1.82, 2.24) is 25.5 Å². The highest BCUT2D eigenvalue weighted by Crippen LogP contribution is 2.26. The molecule has 0 radical (unpaired) electrons. The van der Waals surface area contributed by atoms with Gasteiger partial charge in [0.15, 0.2) is 5.56 Å². The van der Waals surface area contributed by atoms with Crippen molar-refractivity contribution in [2.45, 2.75) is 12.2 Å². The molecular weight excluding hydrogens is 379 g/mol. The molecule has 2 N–H and O–H groups in total. The number of methoxy groups -OCH3 is 2. The molecule has 0 bridgehead atoms. The summed E-state index contributed by atoms with van der Waals surface area (Å²) in [6.07, 6.45) is -3.33. The first-order valence-corrected chi connectivity index (χ1v) is 7.61. The fourth-order valence-electron chi connectivity index (χ4n) is 2.58. The van der Waals surface area contributed by atoms with Gasteiger partial charge in [0.05, 0.1) is 14.2 Å². The average Bonchev–Trinajstić information content (AvgIpc) is 2.60. The molecule has 1 atom stereocenters. The molecule has 0 spiro atoms. The van der Waals surface area contributed by atoms with Crippen LogP contribution in [-0.2, 0) is 0 Å². The molecule has 1 unspecified atom stereocenters. The average molecular weight is 400 g/mol. The number of nitrogens with one attached hydrogen (secondary N) is 2. The molecular formula is C14H21ClF3N5O3. The minimum Gasteiger partial charge on any atom is -0.480 e. The van der Waals surface area contributed by atoms with Gasteiger partial charge >= 0.3 is 6.18 Å². The minimum absolute atomic E-state index is 0. The van der Waals surface area contributed by atoms with Gasteiger partial charge in [-0.25, -0.2) is 9.97 Å². The number of carbonyl (C=O) groups excluding carboxylic acids is 1. The molecule has 2 rings (SSSR count). The summed E-state index contributed by atoms with van der Waals surface area (Å²) >= 11 is 0. The number of halogens is 4. The quantitative estimate of drug-likeness (QED) is 0.719. The van der Waals surface area contributed by atoms with Crippen LogP contribution in [0.5, 0.6) is 11.8 Å². The standard InChI is InChI=1S/C14H20F3N5O3.ClH/c1-24-12-10(13(25-2)21-8-20-12)11(23)19-7-9(14(15,16)17)22-5-3-18-4-6-22;/h8-9,18H,3-7H2,1-2H3,(H,19,23);1H. The van der Waals surface area contributed by atoms with Gasteiger partial charge in [-0.2, -0.15) is 13.2 Å². The number of nitrogens with zero attached hydrogens (tertiary/aromatic N) is 3. The highest BCUT2D eigenvalue weighted by atomic mass is 35.5. The van der Waals surface area contributed by atoms with Gasteiger partial charge in [-0.3, -0.25) is 9.69 Å². The van der Waals surface area contributed by atoms with Gasteiger partial charge in [0.25, 0.3) is 5.91 Å². The predicted octanol–water partition coefficient (Wildman–Crippen LogP) is 0.481. The summed E-state index contributed by atoms with van der Waals surface area (Å²) in [4.78, 5) is 21.2. The zero-order valence-electron chi connectivity index (χ0n) is 14.3. The van der Waals surface area contributed by atoms with E-state index in [1.165, 1.54) is 19.1 Å². The number of hydrogen-bond acceptors (Lipinski definition) is 7. The van der Waals surface area contributed by atoms with Gasteiger partial charge in [0, 0.05) is 32.7 Å². The Kier molecular flexibility index (Phi) is 8.31. The summed E-state index contributed by atoms with van der Waals surface area (Å²) in [5, 5.41) is 5.29. The number of hydrogen-bond donors (Lipinski definition) is 2. The Labute approximate surface area is 154 Å². The van der Waals surface area contributed by atoms with Gasteiger partial charge < -0.3 is 20.1 Å². The third-order valence-electron chi connectivity index (χ3n) is 3.82. The minimum atomic E-state index is -4.47. The molecule has 1 aliphatic heterocycles. The molecule has 1 fully saturated rings.